The van der Waals surface area contributed by atoms with E-state index in [1.165, 1.54) is 0 Å². The van der Waals surface area contributed by atoms with E-state index in [-0.39, 0.29) is 17.3 Å². The molecule has 0 fully saturated rings. The van der Waals surface area contributed by atoms with Crippen LogP contribution in [0.1, 0.15) is 68.4 Å². The van der Waals surface area contributed by atoms with E-state index in [4.69, 9.17) is 9.40 Å². The molecule has 3 N–H and O–H groups in total. The minimum absolute atomic E-state index is 0.0685. The second kappa shape index (κ2) is 11.0. The highest BCUT2D eigenvalue weighted by molar-refractivity contribution is 5.89. The van der Waals surface area contributed by atoms with E-state index in [2.05, 4.69) is 41.9 Å². The number of benzene rings is 1. The van der Waals surface area contributed by atoms with Crippen molar-refractivity contribution in [1.29, 1.82) is 0 Å². The van der Waals surface area contributed by atoms with Crippen LogP contribution in [0.4, 0.5) is 11.6 Å². The predicted octanol–water partition coefficient (Wildman–Crippen LogP) is 3.40. The SMILES string of the molecule is Cn1cc(Nc2nccc(-c3ccc4c(c3)CCN(CC(C)(C)O)C[C@H]4NC(=O)c3nnc(C(C)(C)C)o3)n2)cn1. The molecule has 0 radical (unpaired) electrons. The number of β-amino-alcohol motifs (C(OH)–C–C–N with tert-alkyl or cyclic N) is 1. The van der Waals surface area contributed by atoms with Gasteiger partial charge in [-0.05, 0) is 43.5 Å². The quantitative estimate of drug-likeness (QED) is 0.308. The summed E-state index contributed by atoms with van der Waals surface area (Å²) in [6.45, 7) is 11.1. The molecule has 3 aromatic heterocycles. The summed E-state index contributed by atoms with van der Waals surface area (Å²) in [6.07, 6.45) is 6.03. The molecule has 5 rings (SSSR count). The molecule has 0 saturated carbocycles. The van der Waals surface area contributed by atoms with Crippen LogP contribution in [0.5, 0.6) is 0 Å². The molecule has 0 unspecified atom stereocenters. The van der Waals surface area contributed by atoms with Crippen LogP contribution in [0.3, 0.4) is 0 Å². The van der Waals surface area contributed by atoms with E-state index in [9.17, 15) is 9.90 Å². The van der Waals surface area contributed by atoms with Crippen LogP contribution in [-0.4, -0.2) is 71.1 Å². The molecule has 0 saturated heterocycles. The van der Waals surface area contributed by atoms with E-state index in [1.54, 1.807) is 30.9 Å². The monoisotopic (exact) mass is 559 g/mol. The lowest BCUT2D eigenvalue weighted by Gasteiger charge is -2.30. The summed E-state index contributed by atoms with van der Waals surface area (Å²) in [7, 11) is 1.85. The Morgan fingerprint density at radius 1 is 1.17 bits per heavy atom. The number of aliphatic hydroxyl groups is 1. The van der Waals surface area contributed by atoms with Gasteiger partial charge in [0.2, 0.25) is 11.8 Å². The van der Waals surface area contributed by atoms with Crippen molar-refractivity contribution < 1.29 is 14.3 Å². The van der Waals surface area contributed by atoms with Crippen LogP contribution in [0.25, 0.3) is 11.3 Å². The van der Waals surface area contributed by atoms with Crippen LogP contribution in [0, 0.1) is 0 Å². The standard InChI is InChI=1S/C29H37N9O3/c1-28(2,3)26-36-35-25(41-26)24(39)33-23-16-38(17-29(4,5)40)12-10-18-13-19(7-8-21(18)23)22-9-11-30-27(34-22)32-20-14-31-37(6)15-20/h7-9,11,13-15,23,40H,10,12,16-17H2,1-6H3,(H,33,39)(H,30,32,34)/t23-/m1/s1. The number of fused-ring (bicyclic) bond motifs is 1. The maximum Gasteiger partial charge on any atom is 0.309 e. The lowest BCUT2D eigenvalue weighted by molar-refractivity contribution is 0.0343. The number of nitrogens with one attached hydrogen (secondary N) is 2. The van der Waals surface area contributed by atoms with Crippen LogP contribution in [0.2, 0.25) is 0 Å². The topological polar surface area (TPSA) is 147 Å². The third-order valence-electron chi connectivity index (χ3n) is 6.75. The van der Waals surface area contributed by atoms with E-state index >= 15 is 0 Å². The third-order valence-corrected chi connectivity index (χ3v) is 6.75. The number of rotatable bonds is 7. The van der Waals surface area contributed by atoms with Crippen molar-refractivity contribution in [3.05, 3.63) is 65.8 Å². The van der Waals surface area contributed by atoms with E-state index in [0.717, 1.165) is 41.0 Å². The van der Waals surface area contributed by atoms with Gasteiger partial charge in [-0.15, -0.1) is 10.2 Å². The first kappa shape index (κ1) is 28.4. The van der Waals surface area contributed by atoms with Gasteiger partial charge >= 0.3 is 11.8 Å². The highest BCUT2D eigenvalue weighted by atomic mass is 16.4. The fourth-order valence-corrected chi connectivity index (χ4v) is 4.89. The smallest absolute Gasteiger partial charge is 0.309 e. The van der Waals surface area contributed by atoms with Gasteiger partial charge in [0.25, 0.3) is 0 Å². The fourth-order valence-electron chi connectivity index (χ4n) is 4.89. The Balaban J connectivity index is 1.42. The average molecular weight is 560 g/mol. The van der Waals surface area contributed by atoms with Crippen LogP contribution in [0.15, 0.2) is 47.3 Å². The molecule has 12 heteroatoms. The number of amides is 1. The maximum atomic E-state index is 13.2. The van der Waals surface area contributed by atoms with E-state index in [0.29, 0.717) is 24.9 Å². The maximum absolute atomic E-state index is 13.2. The summed E-state index contributed by atoms with van der Waals surface area (Å²) in [5, 5.41) is 29.1. The largest absolute Gasteiger partial charge is 0.416 e. The van der Waals surface area contributed by atoms with Gasteiger partial charge in [0.1, 0.15) is 0 Å². The lowest BCUT2D eigenvalue weighted by atomic mass is 9.96. The van der Waals surface area contributed by atoms with Crippen LogP contribution >= 0.6 is 0 Å². The number of carbonyl (C=O) groups is 1. The summed E-state index contributed by atoms with van der Waals surface area (Å²) in [5.41, 5.74) is 3.34. The second-order valence-corrected chi connectivity index (χ2v) is 12.2. The lowest BCUT2D eigenvalue weighted by Crippen LogP contribution is -2.43. The van der Waals surface area contributed by atoms with E-state index < -0.39 is 11.5 Å². The number of hydrogen-bond acceptors (Lipinski definition) is 10. The number of aromatic nitrogens is 6. The van der Waals surface area contributed by atoms with Crippen molar-refractivity contribution in [3.8, 4) is 11.3 Å². The second-order valence-electron chi connectivity index (χ2n) is 12.2. The molecular formula is C29H37N9O3. The Morgan fingerprint density at radius 2 is 1.98 bits per heavy atom. The van der Waals surface area contributed by atoms with Crippen LogP contribution < -0.4 is 10.6 Å². The fraction of sp³-hybridized carbons (Fsp3) is 0.448. The van der Waals surface area contributed by atoms with Gasteiger partial charge in [0, 0.05) is 50.1 Å². The number of carbonyl (C=O) groups excluding carboxylic acids is 1. The highest BCUT2D eigenvalue weighted by Crippen LogP contribution is 2.30. The first-order valence-electron chi connectivity index (χ1n) is 13.7. The molecule has 12 nitrogen and oxygen atoms in total. The van der Waals surface area contributed by atoms with Crippen molar-refractivity contribution >= 4 is 17.5 Å². The van der Waals surface area contributed by atoms with Gasteiger partial charge in [-0.3, -0.25) is 14.4 Å². The van der Waals surface area contributed by atoms with Gasteiger partial charge in [-0.2, -0.15) is 5.10 Å². The number of anilines is 2. The van der Waals surface area contributed by atoms with Crippen molar-refractivity contribution in [2.45, 2.75) is 58.1 Å². The van der Waals surface area contributed by atoms with Crippen molar-refractivity contribution in [1.82, 2.24) is 40.2 Å². The molecule has 0 spiro atoms. The van der Waals surface area contributed by atoms with Crippen molar-refractivity contribution in [2.24, 2.45) is 7.05 Å². The molecule has 1 aliphatic rings. The summed E-state index contributed by atoms with van der Waals surface area (Å²) in [4.78, 5) is 24.5. The first-order valence-corrected chi connectivity index (χ1v) is 13.7. The molecule has 1 amide bonds. The summed E-state index contributed by atoms with van der Waals surface area (Å²) in [6, 6.07) is 7.67. The molecule has 216 valence electrons. The van der Waals surface area contributed by atoms with Crippen LogP contribution in [-0.2, 0) is 18.9 Å². The molecule has 1 aliphatic heterocycles. The zero-order valence-electron chi connectivity index (χ0n) is 24.3. The van der Waals surface area contributed by atoms with E-state index in [1.807, 2.05) is 52.2 Å². The number of aryl methyl sites for hydroxylation is 1. The van der Waals surface area contributed by atoms with Crippen molar-refractivity contribution in [2.75, 3.05) is 25.0 Å². The van der Waals surface area contributed by atoms with Gasteiger partial charge in [0.15, 0.2) is 0 Å². The molecule has 1 aromatic carbocycles. The summed E-state index contributed by atoms with van der Waals surface area (Å²) >= 11 is 0. The highest BCUT2D eigenvalue weighted by Gasteiger charge is 2.30. The Labute approximate surface area is 239 Å². The number of hydrogen-bond donors (Lipinski definition) is 3. The predicted molar refractivity (Wildman–Crippen MR) is 154 cm³/mol. The average Bonchev–Trinajstić information content (AvgIpc) is 3.52. The molecule has 41 heavy (non-hydrogen) atoms. The van der Waals surface area contributed by atoms with Gasteiger partial charge in [0.05, 0.1) is 29.2 Å². The Hall–Kier alpha value is -4.16. The Bertz CT molecular complexity index is 1530. The molecular weight excluding hydrogens is 522 g/mol. The van der Waals surface area contributed by atoms with Gasteiger partial charge < -0.3 is 20.2 Å². The minimum Gasteiger partial charge on any atom is -0.416 e. The van der Waals surface area contributed by atoms with Gasteiger partial charge in [-0.1, -0.05) is 32.9 Å². The normalized spacial score (nSPS) is 16.2. The molecule has 1 atom stereocenters. The summed E-state index contributed by atoms with van der Waals surface area (Å²) < 4.78 is 7.40. The zero-order chi connectivity index (χ0) is 29.4. The molecule has 4 aromatic rings. The number of nitrogens with zero attached hydrogens (tertiary/aromatic N) is 7. The first-order chi connectivity index (χ1) is 19.3. The summed E-state index contributed by atoms with van der Waals surface area (Å²) in [5.74, 6) is 0.377. The zero-order valence-corrected chi connectivity index (χ0v) is 24.3. The minimum atomic E-state index is -0.886. The van der Waals surface area contributed by atoms with Crippen molar-refractivity contribution in [3.63, 3.8) is 0 Å². The van der Waals surface area contributed by atoms with Gasteiger partial charge in [-0.25, -0.2) is 9.97 Å². The third kappa shape index (κ3) is 6.95. The Morgan fingerprint density at radius 3 is 2.66 bits per heavy atom. The Kier molecular flexibility index (Phi) is 7.62. The molecule has 0 bridgehead atoms. The molecule has 0 aliphatic carbocycles. The molecule has 4 heterocycles.